The Kier molecular flexibility index (Phi) is 4.63. The van der Waals surface area contributed by atoms with Crippen molar-refractivity contribution in [3.05, 3.63) is 17.8 Å². The Morgan fingerprint density at radius 3 is 2.63 bits per heavy atom. The van der Waals surface area contributed by atoms with E-state index in [1.54, 1.807) is 0 Å². The van der Waals surface area contributed by atoms with Gasteiger partial charge in [0.2, 0.25) is 5.89 Å². The topological polar surface area (TPSA) is 41.3 Å². The molecule has 2 unspecified atom stereocenters. The molecule has 1 aromatic heterocycles. The molecule has 4 nitrogen and oxygen atoms in total. The van der Waals surface area contributed by atoms with Crippen LogP contribution in [0.25, 0.3) is 0 Å². The molecule has 1 aliphatic heterocycles. The summed E-state index contributed by atoms with van der Waals surface area (Å²) in [5, 5.41) is 3.68. The van der Waals surface area contributed by atoms with Gasteiger partial charge in [-0.05, 0) is 18.8 Å². The third-order valence-electron chi connectivity index (χ3n) is 4.07. The minimum absolute atomic E-state index is 0.558. The molecular weight excluding hydrogens is 238 g/mol. The SMILES string of the molecule is Cc1cnc(CN2CC(C(C)C)NCC2C(C)C)o1. The fourth-order valence-electron chi connectivity index (χ4n) is 2.79. The van der Waals surface area contributed by atoms with Crippen LogP contribution >= 0.6 is 0 Å². The largest absolute Gasteiger partial charge is 0.445 e. The zero-order valence-corrected chi connectivity index (χ0v) is 12.8. The lowest BCUT2D eigenvalue weighted by molar-refractivity contribution is 0.0703. The van der Waals surface area contributed by atoms with Gasteiger partial charge in [0.1, 0.15) is 5.76 Å². The predicted octanol–water partition coefficient (Wildman–Crippen LogP) is 2.44. The molecule has 2 atom stereocenters. The van der Waals surface area contributed by atoms with Crippen molar-refractivity contribution in [1.29, 1.82) is 0 Å². The van der Waals surface area contributed by atoms with Crippen LogP contribution in [0, 0.1) is 18.8 Å². The third kappa shape index (κ3) is 3.57. The summed E-state index contributed by atoms with van der Waals surface area (Å²) in [6, 6.07) is 1.12. The van der Waals surface area contributed by atoms with Crippen LogP contribution < -0.4 is 5.32 Å². The molecule has 0 saturated carbocycles. The molecule has 108 valence electrons. The molecule has 0 amide bonds. The first kappa shape index (κ1) is 14.5. The van der Waals surface area contributed by atoms with Crippen LogP contribution in [-0.2, 0) is 6.54 Å². The normalized spacial score (nSPS) is 25.4. The van der Waals surface area contributed by atoms with Crippen LogP contribution in [0.15, 0.2) is 10.6 Å². The summed E-state index contributed by atoms with van der Waals surface area (Å²) in [6.45, 7) is 14.0. The summed E-state index contributed by atoms with van der Waals surface area (Å²) < 4.78 is 5.64. The predicted molar refractivity (Wildman–Crippen MR) is 76.9 cm³/mol. The van der Waals surface area contributed by atoms with E-state index in [1.165, 1.54) is 0 Å². The smallest absolute Gasteiger partial charge is 0.208 e. The molecule has 0 radical (unpaired) electrons. The van der Waals surface area contributed by atoms with Crippen LogP contribution in [0.2, 0.25) is 0 Å². The zero-order chi connectivity index (χ0) is 14.0. The van der Waals surface area contributed by atoms with Crippen molar-refractivity contribution in [3.63, 3.8) is 0 Å². The van der Waals surface area contributed by atoms with Crippen molar-refractivity contribution >= 4 is 0 Å². The van der Waals surface area contributed by atoms with Gasteiger partial charge in [-0.25, -0.2) is 4.98 Å². The molecule has 1 saturated heterocycles. The van der Waals surface area contributed by atoms with Gasteiger partial charge in [-0.3, -0.25) is 4.90 Å². The summed E-state index contributed by atoms with van der Waals surface area (Å²) >= 11 is 0. The lowest BCUT2D eigenvalue weighted by Crippen LogP contribution is -2.59. The Morgan fingerprint density at radius 2 is 2.11 bits per heavy atom. The molecule has 0 spiro atoms. The number of hydrogen-bond acceptors (Lipinski definition) is 4. The van der Waals surface area contributed by atoms with Crippen molar-refractivity contribution in [2.24, 2.45) is 11.8 Å². The molecule has 1 fully saturated rings. The van der Waals surface area contributed by atoms with E-state index in [4.69, 9.17) is 4.42 Å². The van der Waals surface area contributed by atoms with Gasteiger partial charge >= 0.3 is 0 Å². The molecule has 1 aromatic rings. The Hall–Kier alpha value is -0.870. The molecule has 0 aromatic carbocycles. The summed E-state index contributed by atoms with van der Waals surface area (Å²) in [4.78, 5) is 6.87. The standard InChI is InChI=1S/C15H27N3O/c1-10(2)13-8-18(14(7-16-13)11(3)4)9-15-17-6-12(5)19-15/h6,10-11,13-14,16H,7-9H2,1-5H3. The second-order valence-corrected chi connectivity index (χ2v) is 6.36. The van der Waals surface area contributed by atoms with Gasteiger partial charge in [0, 0.05) is 25.2 Å². The Morgan fingerprint density at radius 1 is 1.37 bits per heavy atom. The van der Waals surface area contributed by atoms with E-state index < -0.39 is 0 Å². The minimum atomic E-state index is 0.558. The molecule has 2 rings (SSSR count). The Bertz CT molecular complexity index is 400. The van der Waals surface area contributed by atoms with Gasteiger partial charge in [-0.1, -0.05) is 27.7 Å². The van der Waals surface area contributed by atoms with E-state index >= 15 is 0 Å². The summed E-state index contributed by atoms with van der Waals surface area (Å²) in [5.74, 6) is 3.03. The van der Waals surface area contributed by atoms with E-state index in [1.807, 2.05) is 13.1 Å². The van der Waals surface area contributed by atoms with Gasteiger partial charge in [0.25, 0.3) is 0 Å². The highest BCUT2D eigenvalue weighted by molar-refractivity contribution is 4.95. The van der Waals surface area contributed by atoms with Gasteiger partial charge in [0.05, 0.1) is 12.7 Å². The minimum Gasteiger partial charge on any atom is -0.445 e. The number of nitrogens with one attached hydrogen (secondary N) is 1. The van der Waals surface area contributed by atoms with Crippen molar-refractivity contribution in [3.8, 4) is 0 Å². The van der Waals surface area contributed by atoms with Gasteiger partial charge in [-0.2, -0.15) is 0 Å². The lowest BCUT2D eigenvalue weighted by atomic mass is 9.94. The zero-order valence-electron chi connectivity index (χ0n) is 12.8. The Labute approximate surface area is 116 Å². The first-order chi connectivity index (χ1) is 8.97. The first-order valence-electron chi connectivity index (χ1n) is 7.36. The van der Waals surface area contributed by atoms with E-state index in [0.717, 1.165) is 31.3 Å². The van der Waals surface area contributed by atoms with Gasteiger partial charge in [-0.15, -0.1) is 0 Å². The first-order valence-corrected chi connectivity index (χ1v) is 7.36. The van der Waals surface area contributed by atoms with E-state index in [-0.39, 0.29) is 0 Å². The average Bonchev–Trinajstić information content (AvgIpc) is 2.74. The van der Waals surface area contributed by atoms with Gasteiger partial charge in [0.15, 0.2) is 0 Å². The summed E-state index contributed by atoms with van der Waals surface area (Å²) in [7, 11) is 0. The number of piperazine rings is 1. The monoisotopic (exact) mass is 265 g/mol. The van der Waals surface area contributed by atoms with Crippen LogP contribution in [0.4, 0.5) is 0 Å². The van der Waals surface area contributed by atoms with Crippen LogP contribution in [0.5, 0.6) is 0 Å². The molecule has 0 aliphatic carbocycles. The average molecular weight is 265 g/mol. The maximum atomic E-state index is 5.64. The fraction of sp³-hybridized carbons (Fsp3) is 0.800. The van der Waals surface area contributed by atoms with Crippen molar-refractivity contribution in [2.45, 2.75) is 53.2 Å². The molecule has 1 N–H and O–H groups in total. The second kappa shape index (κ2) is 6.06. The van der Waals surface area contributed by atoms with E-state index in [0.29, 0.717) is 23.9 Å². The highest BCUT2D eigenvalue weighted by Crippen LogP contribution is 2.20. The van der Waals surface area contributed by atoms with Crippen LogP contribution in [0.3, 0.4) is 0 Å². The van der Waals surface area contributed by atoms with Crippen molar-refractivity contribution in [2.75, 3.05) is 13.1 Å². The van der Waals surface area contributed by atoms with Crippen molar-refractivity contribution in [1.82, 2.24) is 15.2 Å². The van der Waals surface area contributed by atoms with E-state index in [9.17, 15) is 0 Å². The van der Waals surface area contributed by atoms with Crippen LogP contribution in [-0.4, -0.2) is 35.1 Å². The number of hydrogen-bond donors (Lipinski definition) is 1. The quantitative estimate of drug-likeness (QED) is 0.908. The highest BCUT2D eigenvalue weighted by atomic mass is 16.4. The molecule has 19 heavy (non-hydrogen) atoms. The number of nitrogens with zero attached hydrogens (tertiary/aromatic N) is 2. The molecule has 1 aliphatic rings. The summed E-state index contributed by atoms with van der Waals surface area (Å²) in [6.07, 6.45) is 1.81. The molecule has 2 heterocycles. The molecular formula is C15H27N3O. The maximum absolute atomic E-state index is 5.64. The Balaban J connectivity index is 2.07. The summed E-state index contributed by atoms with van der Waals surface area (Å²) in [5.41, 5.74) is 0. The maximum Gasteiger partial charge on any atom is 0.208 e. The fourth-order valence-corrected chi connectivity index (χ4v) is 2.79. The van der Waals surface area contributed by atoms with Crippen LogP contribution in [0.1, 0.15) is 39.3 Å². The number of aryl methyl sites for hydroxylation is 1. The van der Waals surface area contributed by atoms with Gasteiger partial charge < -0.3 is 9.73 Å². The third-order valence-corrected chi connectivity index (χ3v) is 4.07. The number of rotatable bonds is 4. The second-order valence-electron chi connectivity index (χ2n) is 6.36. The highest BCUT2D eigenvalue weighted by Gasteiger charge is 2.31. The molecule has 0 bridgehead atoms. The van der Waals surface area contributed by atoms with Crippen molar-refractivity contribution < 1.29 is 4.42 Å². The number of aromatic nitrogens is 1. The lowest BCUT2D eigenvalue weighted by Gasteiger charge is -2.43. The van der Waals surface area contributed by atoms with E-state index in [2.05, 4.69) is 42.9 Å². The molecule has 4 heteroatoms. The number of oxazole rings is 1.